The lowest BCUT2D eigenvalue weighted by atomic mass is 9.90. The van der Waals surface area contributed by atoms with Crippen molar-refractivity contribution in [3.8, 4) is 78.3 Å². The Morgan fingerprint density at radius 3 is 1.40 bits per heavy atom. The Bertz CT molecular complexity index is 3530. The van der Waals surface area contributed by atoms with Gasteiger partial charge in [-0.1, -0.05) is 201 Å². The van der Waals surface area contributed by atoms with Crippen LogP contribution >= 0.6 is 0 Å². The van der Waals surface area contributed by atoms with E-state index in [9.17, 15) is 0 Å². The van der Waals surface area contributed by atoms with Crippen LogP contribution in [0.4, 0.5) is 0 Å². The number of nitrogens with zero attached hydrogens (tertiary/aromatic N) is 2. The van der Waals surface area contributed by atoms with E-state index in [2.05, 4.69) is 231 Å². The average Bonchev–Trinajstić information content (AvgIpc) is 3.60. The molecule has 0 aliphatic carbocycles. The predicted molar refractivity (Wildman–Crippen MR) is 269 cm³/mol. The van der Waals surface area contributed by atoms with Gasteiger partial charge in [0.25, 0.3) is 0 Å². The van der Waals surface area contributed by atoms with Crippen molar-refractivity contribution in [3.63, 3.8) is 0 Å². The van der Waals surface area contributed by atoms with Gasteiger partial charge in [-0.05, 0) is 118 Å². The van der Waals surface area contributed by atoms with Crippen LogP contribution in [-0.2, 0) is 0 Å². The Labute approximate surface area is 368 Å². The minimum absolute atomic E-state index is 0.780. The van der Waals surface area contributed by atoms with Gasteiger partial charge in [0.2, 0.25) is 0 Å². The van der Waals surface area contributed by atoms with Gasteiger partial charge >= 0.3 is 0 Å². The number of rotatable bonds is 6. The summed E-state index contributed by atoms with van der Waals surface area (Å²) in [6.45, 7) is 4.97. The fourth-order valence-corrected chi connectivity index (χ4v) is 13.4. The molecule has 0 fully saturated rings. The summed E-state index contributed by atoms with van der Waals surface area (Å²) in [6, 6.07) is 79.4. The highest BCUT2D eigenvalue weighted by molar-refractivity contribution is 7.05. The fourth-order valence-electron chi connectivity index (χ4n) is 10.2. The molecular formula is C60H42N2Si. The van der Waals surface area contributed by atoms with Gasteiger partial charge in [0.1, 0.15) is 8.07 Å². The predicted octanol–water partition coefficient (Wildman–Crippen LogP) is 14.7. The first kappa shape index (κ1) is 37.1. The number of hydrogen-bond acceptors (Lipinski definition) is 2. The van der Waals surface area contributed by atoms with E-state index in [0.717, 1.165) is 39.2 Å². The normalized spacial score (nSPS) is 12.7. The summed E-state index contributed by atoms with van der Waals surface area (Å²) < 4.78 is 0. The molecule has 2 heterocycles. The van der Waals surface area contributed by atoms with Crippen LogP contribution in [0.1, 0.15) is 0 Å². The van der Waals surface area contributed by atoms with Crippen molar-refractivity contribution in [2.75, 3.05) is 0 Å². The minimum atomic E-state index is -2.39. The van der Waals surface area contributed by atoms with E-state index in [1.165, 1.54) is 81.9 Å². The van der Waals surface area contributed by atoms with Crippen molar-refractivity contribution in [2.24, 2.45) is 0 Å². The summed E-state index contributed by atoms with van der Waals surface area (Å²) in [7, 11) is -2.39. The monoisotopic (exact) mass is 818 g/mol. The Hall–Kier alpha value is -7.72. The molecule has 0 atom stereocenters. The quantitative estimate of drug-likeness (QED) is 0.123. The van der Waals surface area contributed by atoms with Gasteiger partial charge in [0, 0.05) is 22.0 Å². The number of hydrogen-bond donors (Lipinski definition) is 0. The smallest absolute Gasteiger partial charge is 0.160 e. The zero-order chi connectivity index (χ0) is 42.1. The molecule has 296 valence electrons. The molecule has 0 unspecified atom stereocenters. The first-order valence-corrected chi connectivity index (χ1v) is 24.8. The maximum atomic E-state index is 5.68. The minimum Gasteiger partial charge on any atom is -0.237 e. The van der Waals surface area contributed by atoms with Gasteiger partial charge in [-0.25, -0.2) is 9.97 Å². The summed E-state index contributed by atoms with van der Waals surface area (Å²) in [6.07, 6.45) is 0. The summed E-state index contributed by atoms with van der Waals surface area (Å²) in [4.78, 5) is 11.3. The van der Waals surface area contributed by atoms with Crippen molar-refractivity contribution in [2.45, 2.75) is 13.1 Å². The molecule has 0 N–H and O–H groups in total. The second kappa shape index (κ2) is 14.7. The lowest BCUT2D eigenvalue weighted by Gasteiger charge is -2.21. The van der Waals surface area contributed by atoms with Crippen molar-refractivity contribution in [1.29, 1.82) is 0 Å². The summed E-state index contributed by atoms with van der Waals surface area (Å²) in [5, 5.41) is 10.2. The number of aromatic nitrogens is 2. The third-order valence-corrected chi connectivity index (χ3v) is 16.5. The molecule has 63 heavy (non-hydrogen) atoms. The van der Waals surface area contributed by atoms with Crippen molar-refractivity contribution >= 4 is 50.9 Å². The Morgan fingerprint density at radius 2 is 0.746 bits per heavy atom. The van der Waals surface area contributed by atoms with Gasteiger partial charge in [-0.3, -0.25) is 0 Å². The Morgan fingerprint density at radius 1 is 0.317 bits per heavy atom. The summed E-state index contributed by atoms with van der Waals surface area (Å²) >= 11 is 0. The number of fused-ring (bicyclic) bond motifs is 9. The van der Waals surface area contributed by atoms with Crippen molar-refractivity contribution in [1.82, 2.24) is 9.97 Å². The summed E-state index contributed by atoms with van der Waals surface area (Å²) in [5.74, 6) is 0.780. The molecule has 0 spiro atoms. The molecule has 0 saturated carbocycles. The number of benzene rings is 10. The van der Waals surface area contributed by atoms with Crippen LogP contribution in [0.2, 0.25) is 13.1 Å². The Kier molecular flexibility index (Phi) is 8.67. The third-order valence-electron chi connectivity index (χ3n) is 13.2. The summed E-state index contributed by atoms with van der Waals surface area (Å²) in [5.41, 5.74) is 15.1. The van der Waals surface area contributed by atoms with Gasteiger partial charge in [-0.15, -0.1) is 0 Å². The third kappa shape index (κ3) is 6.15. The van der Waals surface area contributed by atoms with E-state index in [1.54, 1.807) is 0 Å². The van der Waals surface area contributed by atoms with Crippen molar-refractivity contribution < 1.29 is 0 Å². The molecule has 1 aliphatic heterocycles. The van der Waals surface area contributed by atoms with Gasteiger partial charge in [0.15, 0.2) is 5.82 Å². The molecule has 1 aliphatic rings. The maximum Gasteiger partial charge on any atom is 0.160 e. The molecule has 10 aromatic carbocycles. The lowest BCUT2D eigenvalue weighted by molar-refractivity contribution is 1.21. The largest absolute Gasteiger partial charge is 0.237 e. The van der Waals surface area contributed by atoms with Gasteiger partial charge in [-0.2, -0.15) is 0 Å². The van der Waals surface area contributed by atoms with E-state index in [4.69, 9.17) is 9.97 Å². The topological polar surface area (TPSA) is 25.8 Å². The van der Waals surface area contributed by atoms with Gasteiger partial charge < -0.3 is 0 Å². The van der Waals surface area contributed by atoms with E-state index in [-0.39, 0.29) is 0 Å². The fraction of sp³-hybridized carbons (Fsp3) is 0.0333. The highest BCUT2D eigenvalue weighted by Gasteiger charge is 2.44. The van der Waals surface area contributed by atoms with Crippen LogP contribution < -0.4 is 10.5 Å². The molecule has 0 bridgehead atoms. The standard InChI is InChI=1S/C60H42N2Si/c1-63(2)58-53-32-14-12-30-51(53)50-29-11-13-31-52(50)55(58)56-57(61-59(62-60(56)63)54-33-17-23-41-22-9-10-28-49(41)54)45-27-16-25-43(35-45)42-24-15-26-44(34-42)48-37-46(39-18-5-3-6-19-39)36-47(38-48)40-20-7-4-8-21-40/h3-38H,1-2H3. The van der Waals surface area contributed by atoms with Crippen LogP contribution in [0.25, 0.3) is 111 Å². The van der Waals surface area contributed by atoms with E-state index < -0.39 is 8.07 Å². The highest BCUT2D eigenvalue weighted by Crippen LogP contribution is 2.44. The molecular weight excluding hydrogens is 777 g/mol. The van der Waals surface area contributed by atoms with Crippen LogP contribution in [0, 0.1) is 0 Å². The molecule has 1 aromatic heterocycles. The van der Waals surface area contributed by atoms with Crippen LogP contribution in [-0.4, -0.2) is 18.0 Å². The van der Waals surface area contributed by atoms with E-state index in [0.29, 0.717) is 0 Å². The van der Waals surface area contributed by atoms with Gasteiger partial charge in [0.05, 0.1) is 5.69 Å². The molecule has 0 radical (unpaired) electrons. The Balaban J connectivity index is 1.07. The molecule has 2 nitrogen and oxygen atoms in total. The van der Waals surface area contributed by atoms with Crippen LogP contribution in [0.3, 0.4) is 0 Å². The lowest BCUT2D eigenvalue weighted by Crippen LogP contribution is -2.51. The first-order chi connectivity index (χ1) is 31.0. The SMILES string of the molecule is C[Si]1(C)c2nc(-c3cccc4ccccc34)nc(-c3cccc(-c4cccc(-c5cc(-c6ccccc6)cc(-c6ccccc6)c5)c4)c3)c2-c2c1c1ccccc1c1ccccc21. The van der Waals surface area contributed by atoms with Crippen LogP contribution in [0.15, 0.2) is 218 Å². The second-order valence-electron chi connectivity index (χ2n) is 17.3. The molecule has 11 aromatic rings. The zero-order valence-electron chi connectivity index (χ0n) is 35.2. The zero-order valence-corrected chi connectivity index (χ0v) is 36.2. The second-order valence-corrected chi connectivity index (χ2v) is 21.5. The van der Waals surface area contributed by atoms with E-state index >= 15 is 0 Å². The van der Waals surface area contributed by atoms with Crippen LogP contribution in [0.5, 0.6) is 0 Å². The molecule has 12 rings (SSSR count). The molecule has 0 saturated heterocycles. The highest BCUT2D eigenvalue weighted by atomic mass is 28.3. The van der Waals surface area contributed by atoms with Crippen molar-refractivity contribution in [3.05, 3.63) is 218 Å². The molecule has 0 amide bonds. The average molecular weight is 819 g/mol. The first-order valence-electron chi connectivity index (χ1n) is 21.8. The van der Waals surface area contributed by atoms with E-state index in [1.807, 2.05) is 0 Å². The molecule has 3 heteroatoms. The maximum absolute atomic E-state index is 5.68.